The lowest BCUT2D eigenvalue weighted by Crippen LogP contribution is -2.31. The number of fused-ring (bicyclic) bond motifs is 1. The predicted octanol–water partition coefficient (Wildman–Crippen LogP) is 6.06. The molecule has 5 rings (SSSR count). The predicted molar refractivity (Wildman–Crippen MR) is 154 cm³/mol. The first-order chi connectivity index (χ1) is 18.8. The van der Waals surface area contributed by atoms with Gasteiger partial charge in [0.05, 0.1) is 33.9 Å². The number of hydrogen-bond donors (Lipinski definition) is 1. The van der Waals surface area contributed by atoms with Gasteiger partial charge in [0.1, 0.15) is 0 Å². The van der Waals surface area contributed by atoms with E-state index in [2.05, 4.69) is 0 Å². The number of benzene rings is 3. The molecule has 3 aromatic carbocycles. The number of amides is 1. The Kier molecular flexibility index (Phi) is 7.72. The van der Waals surface area contributed by atoms with Crippen molar-refractivity contribution >= 4 is 45.9 Å². The summed E-state index contributed by atoms with van der Waals surface area (Å²) in [7, 11) is 1.78. The maximum Gasteiger partial charge on any atom is 0.255 e. The van der Waals surface area contributed by atoms with E-state index in [1.165, 1.54) is 0 Å². The number of Topliss-reactive ketones (excluding diaryl/α,β-unsaturated/α-hetero) is 1. The van der Waals surface area contributed by atoms with Crippen molar-refractivity contribution < 1.29 is 9.59 Å². The average Bonchev–Trinajstić information content (AvgIpc) is 3.57. The zero-order chi connectivity index (χ0) is 27.5. The molecule has 0 radical (unpaired) electrons. The van der Waals surface area contributed by atoms with Gasteiger partial charge in [0.2, 0.25) is 5.62 Å². The van der Waals surface area contributed by atoms with Crippen LogP contribution in [0.25, 0.3) is 16.7 Å². The summed E-state index contributed by atoms with van der Waals surface area (Å²) in [4.78, 5) is 28.0. The number of nitrogens with zero attached hydrogens (tertiary/aromatic N) is 4. The molecule has 0 atom stereocenters. The van der Waals surface area contributed by atoms with Gasteiger partial charge < -0.3 is 18.6 Å². The SMILES string of the molecule is CN(CCCn1c(=N)n(CC(=O)c2ccc(Cl)cc2)c2cccc(Cl)c21)C(=O)c1ccccc1-n1cccc1. The number of imidazole rings is 1. The van der Waals surface area contributed by atoms with Crippen molar-refractivity contribution in [2.75, 3.05) is 13.6 Å². The summed E-state index contributed by atoms with van der Waals surface area (Å²) in [5.41, 5.74) is 3.54. The molecule has 0 aliphatic carbocycles. The number of ketones is 1. The summed E-state index contributed by atoms with van der Waals surface area (Å²) in [6.07, 6.45) is 4.42. The highest BCUT2D eigenvalue weighted by Crippen LogP contribution is 2.24. The smallest absolute Gasteiger partial charge is 0.255 e. The van der Waals surface area contributed by atoms with E-state index in [4.69, 9.17) is 28.6 Å². The van der Waals surface area contributed by atoms with Crippen LogP contribution in [-0.4, -0.2) is 43.9 Å². The van der Waals surface area contributed by atoms with Crippen molar-refractivity contribution in [1.82, 2.24) is 18.6 Å². The molecule has 5 aromatic rings. The molecule has 9 heteroatoms. The summed E-state index contributed by atoms with van der Waals surface area (Å²) in [5.74, 6) is -0.208. The van der Waals surface area contributed by atoms with Crippen LogP contribution in [0.4, 0.5) is 0 Å². The van der Waals surface area contributed by atoms with E-state index < -0.39 is 0 Å². The molecule has 7 nitrogen and oxygen atoms in total. The highest BCUT2D eigenvalue weighted by Gasteiger charge is 2.19. The van der Waals surface area contributed by atoms with E-state index in [0.29, 0.717) is 51.7 Å². The van der Waals surface area contributed by atoms with E-state index >= 15 is 0 Å². The number of carbonyl (C=O) groups excluding carboxylic acids is 2. The number of aromatic nitrogens is 3. The second kappa shape index (κ2) is 11.4. The third-order valence-electron chi connectivity index (χ3n) is 6.74. The summed E-state index contributed by atoms with van der Waals surface area (Å²) < 4.78 is 5.39. The minimum atomic E-state index is -0.129. The molecule has 0 spiro atoms. The van der Waals surface area contributed by atoms with Crippen molar-refractivity contribution in [3.63, 3.8) is 0 Å². The van der Waals surface area contributed by atoms with Gasteiger partial charge in [-0.1, -0.05) is 41.4 Å². The number of hydrogen-bond acceptors (Lipinski definition) is 3. The second-order valence-electron chi connectivity index (χ2n) is 9.29. The summed E-state index contributed by atoms with van der Waals surface area (Å²) in [6.45, 7) is 0.934. The third-order valence-corrected chi connectivity index (χ3v) is 7.30. The molecule has 1 N–H and O–H groups in total. The van der Waals surface area contributed by atoms with Crippen LogP contribution in [0.5, 0.6) is 0 Å². The molecular formula is C30H27Cl2N5O2. The zero-order valence-electron chi connectivity index (χ0n) is 21.3. The van der Waals surface area contributed by atoms with Crippen molar-refractivity contribution in [3.05, 3.63) is 118 Å². The van der Waals surface area contributed by atoms with Crippen molar-refractivity contribution in [3.8, 4) is 5.69 Å². The Morgan fingerprint density at radius 1 is 0.872 bits per heavy atom. The van der Waals surface area contributed by atoms with Crippen LogP contribution < -0.4 is 5.62 Å². The van der Waals surface area contributed by atoms with Gasteiger partial charge in [-0.2, -0.15) is 0 Å². The number of aryl methyl sites for hydroxylation is 1. The minimum Gasteiger partial charge on any atom is -0.342 e. The molecule has 2 aromatic heterocycles. The van der Waals surface area contributed by atoms with Gasteiger partial charge in [-0.15, -0.1) is 0 Å². The summed E-state index contributed by atoms with van der Waals surface area (Å²) in [6, 6.07) is 23.5. The normalized spacial score (nSPS) is 11.2. The lowest BCUT2D eigenvalue weighted by molar-refractivity contribution is 0.0791. The number of rotatable bonds is 9. The molecule has 0 saturated heterocycles. The summed E-state index contributed by atoms with van der Waals surface area (Å²) >= 11 is 12.5. The van der Waals surface area contributed by atoms with Crippen LogP contribution in [0.2, 0.25) is 10.0 Å². The van der Waals surface area contributed by atoms with Gasteiger partial charge in [-0.25, -0.2) is 0 Å². The molecule has 198 valence electrons. The van der Waals surface area contributed by atoms with E-state index in [0.717, 1.165) is 5.69 Å². The van der Waals surface area contributed by atoms with Crippen LogP contribution in [-0.2, 0) is 13.1 Å². The molecule has 0 bridgehead atoms. The molecular weight excluding hydrogens is 533 g/mol. The molecule has 0 fully saturated rings. The third kappa shape index (κ3) is 5.41. The molecule has 0 aliphatic heterocycles. The van der Waals surface area contributed by atoms with Gasteiger partial charge in [0, 0.05) is 43.1 Å². The Morgan fingerprint density at radius 3 is 2.33 bits per heavy atom. The van der Waals surface area contributed by atoms with E-state index in [-0.39, 0.29) is 23.9 Å². The topological polar surface area (TPSA) is 76.0 Å². The van der Waals surface area contributed by atoms with Gasteiger partial charge in [-0.3, -0.25) is 15.0 Å². The van der Waals surface area contributed by atoms with Crippen LogP contribution in [0.1, 0.15) is 27.1 Å². The van der Waals surface area contributed by atoms with Gasteiger partial charge in [-0.05, 0) is 67.1 Å². The first-order valence-electron chi connectivity index (χ1n) is 12.5. The fourth-order valence-electron chi connectivity index (χ4n) is 4.75. The molecule has 2 heterocycles. The number of para-hydroxylation sites is 2. The lowest BCUT2D eigenvalue weighted by Gasteiger charge is -2.19. The highest BCUT2D eigenvalue weighted by atomic mass is 35.5. The van der Waals surface area contributed by atoms with Gasteiger partial charge in [0.15, 0.2) is 5.78 Å². The van der Waals surface area contributed by atoms with Crippen LogP contribution in [0.15, 0.2) is 91.3 Å². The second-order valence-corrected chi connectivity index (χ2v) is 10.1. The van der Waals surface area contributed by atoms with Crippen LogP contribution in [0.3, 0.4) is 0 Å². The lowest BCUT2D eigenvalue weighted by atomic mass is 10.1. The highest BCUT2D eigenvalue weighted by molar-refractivity contribution is 6.35. The van der Waals surface area contributed by atoms with E-state index in [9.17, 15) is 9.59 Å². The Hall–Kier alpha value is -4.07. The zero-order valence-corrected chi connectivity index (χ0v) is 22.9. The molecule has 39 heavy (non-hydrogen) atoms. The fraction of sp³-hybridized carbons (Fsp3) is 0.167. The van der Waals surface area contributed by atoms with Crippen molar-refractivity contribution in [1.29, 1.82) is 5.41 Å². The van der Waals surface area contributed by atoms with Crippen molar-refractivity contribution in [2.45, 2.75) is 19.5 Å². The average molecular weight is 560 g/mol. The fourth-order valence-corrected chi connectivity index (χ4v) is 5.15. The Labute approximate surface area is 235 Å². The maximum atomic E-state index is 13.3. The minimum absolute atomic E-state index is 0.00112. The quantitative estimate of drug-likeness (QED) is 0.223. The number of carbonyl (C=O) groups is 2. The molecule has 0 saturated carbocycles. The van der Waals surface area contributed by atoms with Gasteiger partial charge >= 0.3 is 0 Å². The number of halogens is 2. The summed E-state index contributed by atoms with van der Waals surface area (Å²) in [5, 5.41) is 9.94. The Bertz CT molecular complexity index is 1700. The van der Waals surface area contributed by atoms with Crippen LogP contribution >= 0.6 is 23.2 Å². The first kappa shape index (κ1) is 26.5. The number of nitrogens with one attached hydrogen (secondary N) is 1. The molecule has 0 unspecified atom stereocenters. The molecule has 1 amide bonds. The van der Waals surface area contributed by atoms with E-state index in [1.807, 2.05) is 65.5 Å². The van der Waals surface area contributed by atoms with Crippen molar-refractivity contribution in [2.24, 2.45) is 0 Å². The first-order valence-corrected chi connectivity index (χ1v) is 13.3. The van der Waals surface area contributed by atoms with Gasteiger partial charge in [0.25, 0.3) is 5.91 Å². The maximum absolute atomic E-state index is 13.3. The van der Waals surface area contributed by atoms with Crippen LogP contribution in [0, 0.1) is 5.41 Å². The monoisotopic (exact) mass is 559 g/mol. The Morgan fingerprint density at radius 2 is 1.59 bits per heavy atom. The van der Waals surface area contributed by atoms with E-state index in [1.54, 1.807) is 51.4 Å². The standard InChI is InChI=1S/C30H27Cl2N5O2/c1-34(29(39)23-8-2-3-10-25(23)35-17-4-5-18-35)16-7-19-36-28-24(32)9-6-11-26(28)37(30(36)33)20-27(38)21-12-14-22(31)15-13-21/h2-6,8-15,17-18,33H,7,16,19-20H2,1H3. The molecule has 0 aliphatic rings. The largest absolute Gasteiger partial charge is 0.342 e. The Balaban J connectivity index is 1.35.